The van der Waals surface area contributed by atoms with Crippen molar-refractivity contribution in [2.24, 2.45) is 10.8 Å². The van der Waals surface area contributed by atoms with Crippen molar-refractivity contribution in [2.75, 3.05) is 26.1 Å². The van der Waals surface area contributed by atoms with Gasteiger partial charge >= 0.3 is 0 Å². The minimum Gasteiger partial charge on any atom is -0.495 e. The molecule has 1 heterocycles. The number of anilines is 1. The van der Waals surface area contributed by atoms with Crippen molar-refractivity contribution in [3.05, 3.63) is 75.6 Å². The Labute approximate surface area is 246 Å². The molecule has 1 N–H and O–H groups in total. The van der Waals surface area contributed by atoms with Gasteiger partial charge in [-0.05, 0) is 53.5 Å². The maximum Gasteiger partial charge on any atom is 0.262 e. The van der Waals surface area contributed by atoms with Crippen LogP contribution >= 0.6 is 11.6 Å². The molecule has 0 unspecified atom stereocenters. The molecule has 0 aromatic heterocycles. The number of halogens is 1. The number of rotatable bonds is 6. The maximum atomic E-state index is 13.7. The molecule has 0 spiro atoms. The number of amides is 1. The van der Waals surface area contributed by atoms with Crippen LogP contribution in [0.3, 0.4) is 0 Å². The fourth-order valence-corrected chi connectivity index (χ4v) is 6.63. The van der Waals surface area contributed by atoms with E-state index in [0.717, 1.165) is 29.8 Å². The summed E-state index contributed by atoms with van der Waals surface area (Å²) in [7, 11) is 3.53. The Morgan fingerprint density at radius 2 is 1.51 bits per heavy atom. The summed E-state index contributed by atoms with van der Waals surface area (Å²) >= 11 is 6.69. The minimum atomic E-state index is -0.483. The Morgan fingerprint density at radius 3 is 2.07 bits per heavy atom. The summed E-state index contributed by atoms with van der Waals surface area (Å²) < 4.78 is 11.0. The highest BCUT2D eigenvalue weighted by molar-refractivity contribution is 6.32. The Morgan fingerprint density at radius 1 is 0.927 bits per heavy atom. The number of allylic oxidation sites excluding steroid dienone is 4. The van der Waals surface area contributed by atoms with Crippen molar-refractivity contribution in [1.29, 1.82) is 0 Å². The van der Waals surface area contributed by atoms with Gasteiger partial charge in [-0.2, -0.15) is 0 Å². The van der Waals surface area contributed by atoms with Crippen LogP contribution in [0.4, 0.5) is 5.69 Å². The van der Waals surface area contributed by atoms with Gasteiger partial charge in [0.15, 0.2) is 18.2 Å². The zero-order chi connectivity index (χ0) is 29.7. The standard InChI is InChI=1S/C33H37ClN2O5/c1-32(2)14-22-30(24(37)16-32)29(31-23(36(22)5)15-33(3,4)17-25(31)38)19-11-12-26(20(34)13-19)41-18-28(39)35-21-9-7-8-10-27(21)40-6/h7-13,29H,14-18H2,1-6H3,(H,35,39). The van der Waals surface area contributed by atoms with Gasteiger partial charge in [-0.25, -0.2) is 0 Å². The topological polar surface area (TPSA) is 84.9 Å². The van der Waals surface area contributed by atoms with E-state index in [9.17, 15) is 14.4 Å². The first kappa shape index (κ1) is 28.9. The van der Waals surface area contributed by atoms with Crippen LogP contribution in [-0.4, -0.2) is 43.1 Å². The molecule has 216 valence electrons. The average Bonchev–Trinajstić information content (AvgIpc) is 2.88. The Kier molecular flexibility index (Phi) is 7.53. The van der Waals surface area contributed by atoms with E-state index in [2.05, 4.69) is 37.9 Å². The number of ketones is 2. The van der Waals surface area contributed by atoms with E-state index in [1.807, 2.05) is 19.2 Å². The van der Waals surface area contributed by atoms with Crippen LogP contribution < -0.4 is 14.8 Å². The van der Waals surface area contributed by atoms with Crippen LogP contribution in [0.1, 0.15) is 64.9 Å². The third kappa shape index (κ3) is 5.65. The molecule has 7 nitrogen and oxygen atoms in total. The molecule has 5 rings (SSSR count). The summed E-state index contributed by atoms with van der Waals surface area (Å²) in [5.74, 6) is 0.187. The van der Waals surface area contributed by atoms with Crippen LogP contribution in [0.15, 0.2) is 65.0 Å². The quantitative estimate of drug-likeness (QED) is 0.413. The lowest BCUT2D eigenvalue weighted by Gasteiger charge is -2.47. The van der Waals surface area contributed by atoms with Gasteiger partial charge in [0.25, 0.3) is 5.91 Å². The number of nitrogens with zero attached hydrogens (tertiary/aromatic N) is 1. The molecule has 2 aromatic carbocycles. The van der Waals surface area contributed by atoms with Crippen molar-refractivity contribution in [1.82, 2.24) is 4.90 Å². The summed E-state index contributed by atoms with van der Waals surface area (Å²) in [6.45, 7) is 8.21. The third-order valence-electron chi connectivity index (χ3n) is 8.21. The molecule has 0 atom stereocenters. The molecular formula is C33H37ClN2O5. The second-order valence-corrected chi connectivity index (χ2v) is 13.2. The monoisotopic (exact) mass is 576 g/mol. The van der Waals surface area contributed by atoms with Crippen LogP contribution in [0.25, 0.3) is 0 Å². The highest BCUT2D eigenvalue weighted by atomic mass is 35.5. The normalized spacial score (nSPS) is 20.0. The zero-order valence-corrected chi connectivity index (χ0v) is 25.3. The molecule has 0 fully saturated rings. The van der Waals surface area contributed by atoms with Gasteiger partial charge in [0, 0.05) is 48.3 Å². The first-order chi connectivity index (χ1) is 19.3. The number of hydrogen-bond donors (Lipinski definition) is 1. The second kappa shape index (κ2) is 10.7. The largest absolute Gasteiger partial charge is 0.495 e. The zero-order valence-electron chi connectivity index (χ0n) is 24.5. The summed E-state index contributed by atoms with van der Waals surface area (Å²) in [5, 5.41) is 3.09. The number of methoxy groups -OCH3 is 1. The number of para-hydroxylation sites is 2. The Balaban J connectivity index is 1.45. The molecule has 3 aliphatic rings. The number of nitrogens with one attached hydrogen (secondary N) is 1. The van der Waals surface area contributed by atoms with Crippen molar-refractivity contribution >= 4 is 34.8 Å². The van der Waals surface area contributed by atoms with Crippen LogP contribution in [-0.2, 0) is 14.4 Å². The van der Waals surface area contributed by atoms with Crippen LogP contribution in [0.2, 0.25) is 5.02 Å². The summed E-state index contributed by atoms with van der Waals surface area (Å²) in [4.78, 5) is 42.0. The number of Topliss-reactive ketones (excluding diaryl/α,β-unsaturated/α-hetero) is 2. The van der Waals surface area contributed by atoms with Crippen molar-refractivity contribution in [3.63, 3.8) is 0 Å². The SMILES string of the molecule is COc1ccccc1NC(=O)COc1ccc(C2C3=C(CC(C)(C)CC3=O)N(C)C3=C2C(=O)CC(C)(C)C3)cc1Cl. The molecule has 8 heteroatoms. The summed E-state index contributed by atoms with van der Waals surface area (Å²) in [6, 6.07) is 12.4. The molecule has 1 aliphatic heterocycles. The first-order valence-electron chi connectivity index (χ1n) is 13.9. The van der Waals surface area contributed by atoms with Crippen molar-refractivity contribution in [2.45, 2.75) is 59.3 Å². The van der Waals surface area contributed by atoms with E-state index in [0.29, 0.717) is 46.2 Å². The highest BCUT2D eigenvalue weighted by Crippen LogP contribution is 2.54. The fourth-order valence-electron chi connectivity index (χ4n) is 6.39. The van der Waals surface area contributed by atoms with E-state index in [4.69, 9.17) is 21.1 Å². The van der Waals surface area contributed by atoms with Crippen LogP contribution in [0.5, 0.6) is 11.5 Å². The van der Waals surface area contributed by atoms with E-state index in [1.165, 1.54) is 7.11 Å². The predicted molar refractivity (Wildman–Crippen MR) is 159 cm³/mol. The molecule has 0 saturated carbocycles. The van der Waals surface area contributed by atoms with Gasteiger partial charge in [0.2, 0.25) is 0 Å². The lowest BCUT2D eigenvalue weighted by molar-refractivity contribution is -0.120. The van der Waals surface area contributed by atoms with E-state index in [1.54, 1.807) is 30.3 Å². The molecule has 41 heavy (non-hydrogen) atoms. The van der Waals surface area contributed by atoms with E-state index < -0.39 is 5.92 Å². The highest BCUT2D eigenvalue weighted by Gasteiger charge is 2.48. The summed E-state index contributed by atoms with van der Waals surface area (Å²) in [6.07, 6.45) is 2.36. The van der Waals surface area contributed by atoms with Crippen molar-refractivity contribution in [3.8, 4) is 11.5 Å². The number of carbonyl (C=O) groups is 3. The molecule has 2 aliphatic carbocycles. The lowest BCUT2D eigenvalue weighted by Crippen LogP contribution is -2.43. The maximum absolute atomic E-state index is 13.7. The van der Waals surface area contributed by atoms with Gasteiger partial charge in [0.1, 0.15) is 11.5 Å². The molecule has 2 aromatic rings. The average molecular weight is 577 g/mol. The van der Waals surface area contributed by atoms with Gasteiger partial charge < -0.3 is 19.7 Å². The number of hydrogen-bond acceptors (Lipinski definition) is 6. The second-order valence-electron chi connectivity index (χ2n) is 12.8. The van der Waals surface area contributed by atoms with E-state index >= 15 is 0 Å². The fraction of sp³-hybridized carbons (Fsp3) is 0.424. The van der Waals surface area contributed by atoms with Gasteiger partial charge in [0.05, 0.1) is 17.8 Å². The predicted octanol–water partition coefficient (Wildman–Crippen LogP) is 6.68. The number of benzene rings is 2. The molecule has 0 bridgehead atoms. The van der Waals surface area contributed by atoms with Crippen molar-refractivity contribution < 1.29 is 23.9 Å². The molecular weight excluding hydrogens is 540 g/mol. The summed E-state index contributed by atoms with van der Waals surface area (Å²) in [5.41, 5.74) is 4.35. The van der Waals surface area contributed by atoms with E-state index in [-0.39, 0.29) is 34.9 Å². The first-order valence-corrected chi connectivity index (χ1v) is 14.3. The third-order valence-corrected chi connectivity index (χ3v) is 8.50. The number of ether oxygens (including phenoxy) is 2. The molecule has 0 radical (unpaired) electrons. The lowest BCUT2D eigenvalue weighted by atomic mass is 9.64. The Bertz CT molecular complexity index is 1450. The smallest absolute Gasteiger partial charge is 0.262 e. The molecule has 1 amide bonds. The minimum absolute atomic E-state index is 0.0711. The Hall–Kier alpha value is -3.58. The van der Waals surface area contributed by atoms with Gasteiger partial charge in [-0.3, -0.25) is 14.4 Å². The van der Waals surface area contributed by atoms with Gasteiger partial charge in [-0.1, -0.05) is 57.5 Å². The molecule has 0 saturated heterocycles. The number of carbonyl (C=O) groups excluding carboxylic acids is 3. The van der Waals surface area contributed by atoms with Gasteiger partial charge in [-0.15, -0.1) is 0 Å². The van der Waals surface area contributed by atoms with Crippen LogP contribution in [0, 0.1) is 10.8 Å².